The van der Waals surface area contributed by atoms with E-state index >= 15 is 0 Å². The summed E-state index contributed by atoms with van der Waals surface area (Å²) in [5, 5.41) is 1.97. The molecule has 2 aromatic heterocycles. The topological polar surface area (TPSA) is 88.5 Å². The number of amides is 1. The number of anilines is 1. The molecule has 2 aliphatic rings. The molecular weight excluding hydrogens is 410 g/mol. The van der Waals surface area contributed by atoms with Crippen molar-refractivity contribution in [1.82, 2.24) is 9.47 Å². The highest BCUT2D eigenvalue weighted by Crippen LogP contribution is 2.35. The molecule has 9 heteroatoms. The minimum absolute atomic E-state index is 0.0131. The number of piperidine rings is 1. The molecule has 29 heavy (non-hydrogen) atoms. The summed E-state index contributed by atoms with van der Waals surface area (Å²) in [6.07, 6.45) is 1.85. The molecule has 0 saturated carbocycles. The van der Waals surface area contributed by atoms with Crippen LogP contribution in [0.25, 0.3) is 0 Å². The summed E-state index contributed by atoms with van der Waals surface area (Å²) in [6.45, 7) is 3.53. The van der Waals surface area contributed by atoms with E-state index in [9.17, 15) is 18.0 Å². The molecule has 2 bridgehead atoms. The third kappa shape index (κ3) is 4.25. The predicted octanol–water partition coefficient (Wildman–Crippen LogP) is 2.25. The quantitative estimate of drug-likeness (QED) is 0.754. The van der Waals surface area contributed by atoms with E-state index in [1.54, 1.807) is 28.9 Å². The van der Waals surface area contributed by atoms with E-state index in [4.69, 9.17) is 0 Å². The molecule has 156 valence electrons. The van der Waals surface area contributed by atoms with E-state index in [-0.39, 0.29) is 34.7 Å². The Hall–Kier alpha value is -2.13. The van der Waals surface area contributed by atoms with Crippen molar-refractivity contribution in [3.05, 3.63) is 50.6 Å². The first-order valence-electron chi connectivity index (χ1n) is 9.90. The van der Waals surface area contributed by atoms with Gasteiger partial charge >= 0.3 is 0 Å². The van der Waals surface area contributed by atoms with Gasteiger partial charge in [0, 0.05) is 36.1 Å². The first kappa shape index (κ1) is 20.2. The monoisotopic (exact) mass is 435 g/mol. The molecule has 2 unspecified atom stereocenters. The molecule has 1 saturated heterocycles. The highest BCUT2D eigenvalue weighted by Gasteiger charge is 2.36. The lowest BCUT2D eigenvalue weighted by Crippen LogP contribution is -2.49. The van der Waals surface area contributed by atoms with Crippen LogP contribution >= 0.6 is 11.3 Å². The van der Waals surface area contributed by atoms with Gasteiger partial charge < -0.3 is 9.47 Å². The van der Waals surface area contributed by atoms with Gasteiger partial charge in [-0.2, -0.15) is 0 Å². The number of aromatic nitrogens is 1. The number of nitrogens with one attached hydrogen (secondary N) is 1. The van der Waals surface area contributed by atoms with Crippen LogP contribution in [0.1, 0.15) is 36.3 Å². The Labute approximate surface area is 174 Å². The molecule has 2 atom stereocenters. The lowest BCUT2D eigenvalue weighted by atomic mass is 9.83. The van der Waals surface area contributed by atoms with Gasteiger partial charge in [0.15, 0.2) is 0 Å². The van der Waals surface area contributed by atoms with E-state index in [2.05, 4.69) is 4.72 Å². The van der Waals surface area contributed by atoms with Crippen molar-refractivity contribution < 1.29 is 13.2 Å². The first-order valence-corrected chi connectivity index (χ1v) is 12.4. The average molecular weight is 436 g/mol. The van der Waals surface area contributed by atoms with Crippen LogP contribution in [-0.2, 0) is 27.8 Å². The summed E-state index contributed by atoms with van der Waals surface area (Å²) >= 11 is 1.59. The van der Waals surface area contributed by atoms with Crippen molar-refractivity contribution in [2.24, 2.45) is 5.92 Å². The Morgan fingerprint density at radius 2 is 2.07 bits per heavy atom. The molecule has 2 aromatic rings. The molecule has 4 rings (SSSR count). The van der Waals surface area contributed by atoms with Crippen LogP contribution in [-0.4, -0.2) is 42.6 Å². The SMILES string of the molecule is CCCS(=O)(=O)Nc1ccc2n(c1=O)CC1CC2CN(C(=O)Cc2cccs2)C1. The average Bonchev–Trinajstić information content (AvgIpc) is 3.17. The number of nitrogens with zero attached hydrogens (tertiary/aromatic N) is 2. The second-order valence-corrected chi connectivity index (χ2v) is 10.7. The van der Waals surface area contributed by atoms with Gasteiger partial charge in [-0.15, -0.1) is 11.3 Å². The molecule has 4 heterocycles. The molecule has 0 aliphatic carbocycles. The molecule has 2 aliphatic heterocycles. The van der Waals surface area contributed by atoms with E-state index < -0.39 is 10.0 Å². The van der Waals surface area contributed by atoms with Gasteiger partial charge in [-0.25, -0.2) is 8.42 Å². The van der Waals surface area contributed by atoms with Gasteiger partial charge in [0.2, 0.25) is 15.9 Å². The number of rotatable bonds is 6. The Balaban J connectivity index is 1.54. The number of hydrogen-bond acceptors (Lipinski definition) is 5. The van der Waals surface area contributed by atoms with Gasteiger partial charge in [-0.1, -0.05) is 13.0 Å². The number of carbonyl (C=O) groups excluding carboxylic acids is 1. The first-order chi connectivity index (χ1) is 13.9. The highest BCUT2D eigenvalue weighted by molar-refractivity contribution is 7.92. The summed E-state index contributed by atoms with van der Waals surface area (Å²) in [5.74, 6) is 0.417. The summed E-state index contributed by atoms with van der Waals surface area (Å²) in [5.41, 5.74) is 0.696. The molecule has 7 nitrogen and oxygen atoms in total. The van der Waals surface area contributed by atoms with Crippen LogP contribution in [0.3, 0.4) is 0 Å². The number of fused-ring (bicyclic) bond motifs is 4. The third-order valence-electron chi connectivity index (χ3n) is 5.60. The van der Waals surface area contributed by atoms with Crippen molar-refractivity contribution in [3.63, 3.8) is 0 Å². The summed E-state index contributed by atoms with van der Waals surface area (Å²) in [6, 6.07) is 7.32. The van der Waals surface area contributed by atoms with Crippen molar-refractivity contribution >= 4 is 33.0 Å². The summed E-state index contributed by atoms with van der Waals surface area (Å²) in [4.78, 5) is 28.6. The smallest absolute Gasteiger partial charge is 0.275 e. The zero-order valence-electron chi connectivity index (χ0n) is 16.3. The number of hydrogen-bond donors (Lipinski definition) is 1. The van der Waals surface area contributed by atoms with E-state index in [1.807, 2.05) is 28.5 Å². The van der Waals surface area contributed by atoms with E-state index in [0.29, 0.717) is 32.5 Å². The molecule has 0 aromatic carbocycles. The Bertz CT molecular complexity index is 1060. The zero-order chi connectivity index (χ0) is 20.6. The van der Waals surface area contributed by atoms with Crippen LogP contribution in [0.5, 0.6) is 0 Å². The fourth-order valence-corrected chi connectivity index (χ4v) is 6.21. The summed E-state index contributed by atoms with van der Waals surface area (Å²) < 4.78 is 28.3. The highest BCUT2D eigenvalue weighted by atomic mass is 32.2. The number of thiophene rings is 1. The van der Waals surface area contributed by atoms with Gasteiger partial charge in [0.05, 0.1) is 12.2 Å². The van der Waals surface area contributed by atoms with Crippen molar-refractivity contribution in [3.8, 4) is 0 Å². The largest absolute Gasteiger partial charge is 0.341 e. The molecule has 1 N–H and O–H groups in total. The maximum atomic E-state index is 12.9. The van der Waals surface area contributed by atoms with E-state index in [0.717, 1.165) is 17.0 Å². The lowest BCUT2D eigenvalue weighted by Gasteiger charge is -2.43. The Morgan fingerprint density at radius 1 is 1.24 bits per heavy atom. The molecule has 1 amide bonds. The lowest BCUT2D eigenvalue weighted by molar-refractivity contribution is -0.133. The fourth-order valence-electron chi connectivity index (χ4n) is 4.39. The minimum atomic E-state index is -3.51. The Kier molecular flexibility index (Phi) is 5.52. The molecular formula is C20H25N3O4S2. The maximum absolute atomic E-state index is 12.9. The minimum Gasteiger partial charge on any atom is -0.341 e. The number of pyridine rings is 1. The number of sulfonamides is 1. The molecule has 1 fully saturated rings. The fraction of sp³-hybridized carbons (Fsp3) is 0.500. The Morgan fingerprint density at radius 3 is 2.79 bits per heavy atom. The van der Waals surface area contributed by atoms with Gasteiger partial charge in [-0.3, -0.25) is 14.3 Å². The molecule has 0 radical (unpaired) electrons. The van der Waals surface area contributed by atoms with Gasteiger partial charge in [-0.05, 0) is 42.3 Å². The van der Waals surface area contributed by atoms with Gasteiger partial charge in [0.25, 0.3) is 5.56 Å². The van der Waals surface area contributed by atoms with Crippen molar-refractivity contribution in [2.45, 2.75) is 38.6 Å². The van der Waals surface area contributed by atoms with E-state index in [1.165, 1.54) is 0 Å². The second-order valence-electron chi connectivity index (χ2n) is 7.86. The van der Waals surface area contributed by atoms with Crippen molar-refractivity contribution in [2.75, 3.05) is 23.6 Å². The van der Waals surface area contributed by atoms with Gasteiger partial charge in [0.1, 0.15) is 5.69 Å². The number of likely N-dealkylation sites (tertiary alicyclic amines) is 1. The third-order valence-corrected chi connectivity index (χ3v) is 7.95. The predicted molar refractivity (Wildman–Crippen MR) is 114 cm³/mol. The normalized spacial score (nSPS) is 20.9. The van der Waals surface area contributed by atoms with Crippen LogP contribution in [0.4, 0.5) is 5.69 Å². The summed E-state index contributed by atoms with van der Waals surface area (Å²) in [7, 11) is -3.51. The maximum Gasteiger partial charge on any atom is 0.275 e. The van der Waals surface area contributed by atoms with Crippen LogP contribution < -0.4 is 10.3 Å². The van der Waals surface area contributed by atoms with Crippen LogP contribution in [0.2, 0.25) is 0 Å². The molecule has 0 spiro atoms. The van der Waals surface area contributed by atoms with Crippen LogP contribution in [0.15, 0.2) is 34.4 Å². The second kappa shape index (κ2) is 7.95. The number of carbonyl (C=O) groups is 1. The van der Waals surface area contributed by atoms with Crippen LogP contribution in [0, 0.1) is 5.92 Å². The zero-order valence-corrected chi connectivity index (χ0v) is 18.0. The standard InChI is InChI=1S/C20H25N3O4S2/c1-2-8-29(26,27)21-17-5-6-18-15-9-14(12-23(18)20(17)25)11-22(13-15)19(24)10-16-4-3-7-28-16/h3-7,14-15,21H,2,8-13H2,1H3. The van der Waals surface area contributed by atoms with Crippen molar-refractivity contribution in [1.29, 1.82) is 0 Å².